The summed E-state index contributed by atoms with van der Waals surface area (Å²) in [5.41, 5.74) is 1.76. The largest absolute Gasteiger partial charge is 0.374 e. The van der Waals surface area contributed by atoms with E-state index in [1.165, 1.54) is 51.5 Å². The Bertz CT molecular complexity index is 263. The monoisotopic (exact) mass is 205 g/mol. The van der Waals surface area contributed by atoms with Crippen LogP contribution in [0.5, 0.6) is 0 Å². The Balaban J connectivity index is 1.66. The molecule has 0 aromatic heterocycles. The fourth-order valence-electron chi connectivity index (χ4n) is 3.84. The lowest BCUT2D eigenvalue weighted by Gasteiger charge is -2.30. The molecule has 2 saturated carbocycles. The molecule has 0 aromatic rings. The van der Waals surface area contributed by atoms with Crippen molar-refractivity contribution in [3.05, 3.63) is 11.8 Å². The average Bonchev–Trinajstić information content (AvgIpc) is 2.92. The van der Waals surface area contributed by atoms with E-state index in [2.05, 4.69) is 18.0 Å². The first-order chi connectivity index (χ1) is 7.34. The van der Waals surface area contributed by atoms with E-state index in [9.17, 15) is 0 Å². The van der Waals surface area contributed by atoms with Gasteiger partial charge in [-0.15, -0.1) is 0 Å². The lowest BCUT2D eigenvalue weighted by molar-refractivity contribution is 0.217. The van der Waals surface area contributed by atoms with Gasteiger partial charge in [-0.3, -0.25) is 0 Å². The van der Waals surface area contributed by atoms with E-state index in [1.807, 2.05) is 0 Å². The predicted molar refractivity (Wildman–Crippen MR) is 63.6 cm³/mol. The van der Waals surface area contributed by atoms with Crippen molar-refractivity contribution in [3.8, 4) is 0 Å². The highest BCUT2D eigenvalue weighted by Gasteiger charge is 2.33. The zero-order valence-electron chi connectivity index (χ0n) is 9.91. The third kappa shape index (κ3) is 1.70. The predicted octanol–water partition coefficient (Wildman–Crippen LogP) is 3.56. The molecule has 0 spiro atoms. The normalized spacial score (nSPS) is 33.3. The second kappa shape index (κ2) is 3.84. The third-order valence-electron chi connectivity index (χ3n) is 4.91. The van der Waals surface area contributed by atoms with Gasteiger partial charge in [-0.25, -0.2) is 0 Å². The van der Waals surface area contributed by atoms with Crippen molar-refractivity contribution in [3.63, 3.8) is 0 Å². The molecule has 0 aromatic carbocycles. The van der Waals surface area contributed by atoms with Gasteiger partial charge in [-0.1, -0.05) is 12.8 Å². The first-order valence-corrected chi connectivity index (χ1v) is 6.81. The average molecular weight is 205 g/mol. The molecule has 84 valence electrons. The van der Waals surface area contributed by atoms with Crippen molar-refractivity contribution >= 4 is 0 Å². The lowest BCUT2D eigenvalue weighted by Crippen LogP contribution is -2.33. The number of fused-ring (bicyclic) bond motifs is 1. The number of hydrogen-bond acceptors (Lipinski definition) is 1. The highest BCUT2D eigenvalue weighted by molar-refractivity contribution is 5.17. The van der Waals surface area contributed by atoms with Gasteiger partial charge in [-0.2, -0.15) is 0 Å². The Morgan fingerprint density at radius 1 is 1.20 bits per heavy atom. The number of rotatable bonds is 2. The minimum absolute atomic E-state index is 0.811. The summed E-state index contributed by atoms with van der Waals surface area (Å²) in [5.74, 6) is 1.93. The van der Waals surface area contributed by atoms with Crippen LogP contribution in [0.4, 0.5) is 0 Å². The maximum absolute atomic E-state index is 2.66. The van der Waals surface area contributed by atoms with Gasteiger partial charge in [0.15, 0.2) is 0 Å². The molecule has 2 aliphatic carbocycles. The maximum atomic E-state index is 2.66. The molecule has 3 rings (SSSR count). The molecule has 1 aliphatic heterocycles. The molecule has 0 radical (unpaired) electrons. The molecule has 1 nitrogen and oxygen atoms in total. The molecule has 2 atom stereocenters. The van der Waals surface area contributed by atoms with Gasteiger partial charge in [0.25, 0.3) is 0 Å². The summed E-state index contributed by atoms with van der Waals surface area (Å²) in [5, 5.41) is 0. The zero-order valence-corrected chi connectivity index (χ0v) is 9.91. The van der Waals surface area contributed by atoms with Crippen molar-refractivity contribution in [2.24, 2.45) is 11.8 Å². The number of nitrogens with zero attached hydrogens (tertiary/aromatic N) is 1. The van der Waals surface area contributed by atoms with Crippen LogP contribution in [-0.4, -0.2) is 17.5 Å². The van der Waals surface area contributed by atoms with Crippen LogP contribution in [-0.2, 0) is 0 Å². The molecular formula is C14H23N. The Labute approximate surface area is 93.5 Å². The lowest BCUT2D eigenvalue weighted by atomic mass is 9.98. The first kappa shape index (κ1) is 9.74. The Morgan fingerprint density at radius 3 is 2.73 bits per heavy atom. The smallest absolute Gasteiger partial charge is 0.0284 e. The second-order valence-electron chi connectivity index (χ2n) is 5.78. The fraction of sp³-hybridized carbons (Fsp3) is 0.857. The van der Waals surface area contributed by atoms with E-state index >= 15 is 0 Å². The Morgan fingerprint density at radius 2 is 2.00 bits per heavy atom. The summed E-state index contributed by atoms with van der Waals surface area (Å²) >= 11 is 0. The van der Waals surface area contributed by atoms with Gasteiger partial charge >= 0.3 is 0 Å². The Hall–Kier alpha value is -0.460. The van der Waals surface area contributed by atoms with E-state index in [0.717, 1.165) is 17.9 Å². The van der Waals surface area contributed by atoms with Crippen LogP contribution in [0.25, 0.3) is 0 Å². The van der Waals surface area contributed by atoms with Crippen molar-refractivity contribution < 1.29 is 0 Å². The Kier molecular flexibility index (Phi) is 2.50. The van der Waals surface area contributed by atoms with Crippen molar-refractivity contribution in [1.82, 2.24) is 4.90 Å². The minimum Gasteiger partial charge on any atom is -0.374 e. The zero-order chi connectivity index (χ0) is 10.3. The van der Waals surface area contributed by atoms with Gasteiger partial charge in [0.1, 0.15) is 0 Å². The molecule has 3 aliphatic rings. The van der Waals surface area contributed by atoms with Crippen molar-refractivity contribution in [1.29, 1.82) is 0 Å². The van der Waals surface area contributed by atoms with Crippen LogP contribution in [0.1, 0.15) is 51.9 Å². The van der Waals surface area contributed by atoms with Crippen LogP contribution >= 0.6 is 0 Å². The number of hydrogen-bond donors (Lipinski definition) is 0. The van der Waals surface area contributed by atoms with Crippen molar-refractivity contribution in [2.75, 3.05) is 6.54 Å². The second-order valence-corrected chi connectivity index (χ2v) is 5.78. The molecule has 2 unspecified atom stereocenters. The first-order valence-electron chi connectivity index (χ1n) is 6.81. The molecule has 1 heterocycles. The topological polar surface area (TPSA) is 3.24 Å². The molecular weight excluding hydrogens is 182 g/mol. The van der Waals surface area contributed by atoms with E-state index in [1.54, 1.807) is 5.57 Å². The maximum Gasteiger partial charge on any atom is 0.0284 e. The summed E-state index contributed by atoms with van der Waals surface area (Å²) in [7, 11) is 0. The van der Waals surface area contributed by atoms with Crippen LogP contribution in [0.15, 0.2) is 11.8 Å². The van der Waals surface area contributed by atoms with Gasteiger partial charge in [0, 0.05) is 12.6 Å². The van der Waals surface area contributed by atoms with Crippen LogP contribution in [0.2, 0.25) is 0 Å². The SMILES string of the molecule is CC(C1CCCC1)N1C=C2CCCC2C1. The van der Waals surface area contributed by atoms with E-state index in [-0.39, 0.29) is 0 Å². The molecule has 2 fully saturated rings. The van der Waals surface area contributed by atoms with Gasteiger partial charge < -0.3 is 4.90 Å². The standard InChI is InChI=1S/C14H23N/c1-11(12-5-2-3-6-12)15-9-13-7-4-8-14(13)10-15/h9,11-12,14H,2-8,10H2,1H3. The molecule has 0 amide bonds. The molecule has 0 bridgehead atoms. The van der Waals surface area contributed by atoms with E-state index in [4.69, 9.17) is 0 Å². The summed E-state index contributed by atoms with van der Waals surface area (Å²) in [6.45, 7) is 3.79. The summed E-state index contributed by atoms with van der Waals surface area (Å²) in [6.07, 6.45) is 12.7. The summed E-state index contributed by atoms with van der Waals surface area (Å²) in [6, 6.07) is 0.811. The van der Waals surface area contributed by atoms with E-state index in [0.29, 0.717) is 0 Å². The highest BCUT2D eigenvalue weighted by Crippen LogP contribution is 2.39. The fourth-order valence-corrected chi connectivity index (χ4v) is 3.84. The van der Waals surface area contributed by atoms with Crippen LogP contribution < -0.4 is 0 Å². The van der Waals surface area contributed by atoms with Gasteiger partial charge in [-0.05, 0) is 62.6 Å². The molecule has 15 heavy (non-hydrogen) atoms. The summed E-state index contributed by atoms with van der Waals surface area (Å²) < 4.78 is 0. The molecule has 1 heteroatoms. The quantitative estimate of drug-likeness (QED) is 0.666. The van der Waals surface area contributed by atoms with E-state index < -0.39 is 0 Å². The summed E-state index contributed by atoms with van der Waals surface area (Å²) in [4.78, 5) is 2.66. The highest BCUT2D eigenvalue weighted by atomic mass is 15.2. The van der Waals surface area contributed by atoms with Gasteiger partial charge in [0.05, 0.1) is 0 Å². The van der Waals surface area contributed by atoms with Crippen LogP contribution in [0, 0.1) is 11.8 Å². The minimum atomic E-state index is 0.811. The van der Waals surface area contributed by atoms with Crippen molar-refractivity contribution in [2.45, 2.75) is 57.9 Å². The van der Waals surface area contributed by atoms with Gasteiger partial charge in [0.2, 0.25) is 0 Å². The molecule has 0 N–H and O–H groups in total. The third-order valence-corrected chi connectivity index (χ3v) is 4.91. The molecule has 0 saturated heterocycles. The van der Waals surface area contributed by atoms with Crippen LogP contribution in [0.3, 0.4) is 0 Å².